The summed E-state index contributed by atoms with van der Waals surface area (Å²) in [7, 11) is -0.650. The molecule has 0 spiro atoms. The fraction of sp³-hybridized carbons (Fsp3) is 0.130. The van der Waals surface area contributed by atoms with Crippen molar-refractivity contribution in [2.45, 2.75) is 0 Å². The van der Waals surface area contributed by atoms with Gasteiger partial charge < -0.3 is 18.8 Å². The molecule has 3 rings (SSSR count). The van der Waals surface area contributed by atoms with E-state index in [0.717, 1.165) is 0 Å². The first kappa shape index (κ1) is 21.3. The molecule has 3 aromatic carbocycles. The number of carbonyl (C=O) groups excluding carboxylic acids is 2. The molecule has 0 fully saturated rings. The van der Waals surface area contributed by atoms with Gasteiger partial charge in [0.15, 0.2) is 7.14 Å². The molecule has 0 N–H and O–H groups in total. The Bertz CT molecular complexity index is 1000. The lowest BCUT2D eigenvalue weighted by molar-refractivity contribution is 0.0598. The van der Waals surface area contributed by atoms with Gasteiger partial charge in [0.25, 0.3) is 0 Å². The van der Waals surface area contributed by atoms with E-state index < -0.39 is 19.1 Å². The predicted molar refractivity (Wildman–Crippen MR) is 114 cm³/mol. The third-order valence-corrected chi connectivity index (χ3v) is 7.27. The van der Waals surface area contributed by atoms with E-state index in [1.165, 1.54) is 32.4 Å². The molecule has 0 radical (unpaired) electrons. The van der Waals surface area contributed by atoms with Crippen molar-refractivity contribution in [1.82, 2.24) is 0 Å². The molecule has 0 aliphatic rings. The summed E-state index contributed by atoms with van der Waals surface area (Å²) in [6, 6.07) is 22.4. The number of hydrogen-bond acceptors (Lipinski definition) is 6. The van der Waals surface area contributed by atoms with Crippen molar-refractivity contribution in [3.8, 4) is 5.75 Å². The van der Waals surface area contributed by atoms with E-state index in [0.29, 0.717) is 10.6 Å². The molecular formula is C23H21O6P. The van der Waals surface area contributed by atoms with Gasteiger partial charge in [-0.15, -0.1) is 0 Å². The van der Waals surface area contributed by atoms with Crippen LogP contribution in [0.1, 0.15) is 20.7 Å². The standard InChI is InChI=1S/C23H21O6P/c1-27-22(24)17-13-18(23(25)28-2)15-19(14-17)29-16-30(26,20-9-5-3-6-10-20)21-11-7-4-8-12-21/h3-15H,16H2,1-2H3. The molecule has 154 valence electrons. The summed E-state index contributed by atoms with van der Waals surface area (Å²) in [6.07, 6.45) is -0.147. The van der Waals surface area contributed by atoms with Crippen LogP contribution in [-0.4, -0.2) is 32.5 Å². The molecular weight excluding hydrogens is 403 g/mol. The molecule has 0 aromatic heterocycles. The summed E-state index contributed by atoms with van der Waals surface area (Å²) in [5.74, 6) is -1.04. The summed E-state index contributed by atoms with van der Waals surface area (Å²) in [5.41, 5.74) is 0.259. The summed E-state index contributed by atoms with van der Waals surface area (Å²) < 4.78 is 29.4. The normalized spacial score (nSPS) is 10.9. The van der Waals surface area contributed by atoms with E-state index >= 15 is 0 Å². The molecule has 0 saturated heterocycles. The molecule has 0 bridgehead atoms. The van der Waals surface area contributed by atoms with Gasteiger partial charge in [0, 0.05) is 10.6 Å². The Hall–Kier alpha value is -3.37. The van der Waals surface area contributed by atoms with Gasteiger partial charge in [0.1, 0.15) is 12.1 Å². The van der Waals surface area contributed by atoms with Crippen molar-refractivity contribution in [2.24, 2.45) is 0 Å². The average Bonchev–Trinajstić information content (AvgIpc) is 2.82. The lowest BCUT2D eigenvalue weighted by Gasteiger charge is -2.20. The fourth-order valence-corrected chi connectivity index (χ4v) is 5.19. The largest absolute Gasteiger partial charge is 0.485 e. The molecule has 0 aliphatic heterocycles. The first-order chi connectivity index (χ1) is 14.5. The third kappa shape index (κ3) is 4.61. The van der Waals surface area contributed by atoms with Crippen molar-refractivity contribution in [1.29, 1.82) is 0 Å². The lowest BCUT2D eigenvalue weighted by Crippen LogP contribution is -2.21. The van der Waals surface area contributed by atoms with Gasteiger partial charge in [-0.3, -0.25) is 0 Å². The minimum Gasteiger partial charge on any atom is -0.485 e. The zero-order chi connectivity index (χ0) is 21.6. The first-order valence-electron chi connectivity index (χ1n) is 9.13. The number of esters is 2. The van der Waals surface area contributed by atoms with E-state index in [4.69, 9.17) is 14.2 Å². The van der Waals surface area contributed by atoms with Crippen LogP contribution in [-0.2, 0) is 14.0 Å². The molecule has 7 heteroatoms. The fourth-order valence-electron chi connectivity index (χ4n) is 2.95. The topological polar surface area (TPSA) is 78.9 Å². The molecule has 0 unspecified atom stereocenters. The zero-order valence-corrected chi connectivity index (χ0v) is 17.5. The highest BCUT2D eigenvalue weighted by atomic mass is 31.2. The van der Waals surface area contributed by atoms with E-state index in [9.17, 15) is 14.2 Å². The summed E-state index contributed by atoms with van der Waals surface area (Å²) >= 11 is 0. The monoisotopic (exact) mass is 424 g/mol. The Morgan fingerprint density at radius 3 is 1.57 bits per heavy atom. The van der Waals surface area contributed by atoms with Crippen molar-refractivity contribution >= 4 is 29.7 Å². The predicted octanol–water partition coefficient (Wildman–Crippen LogP) is 3.61. The van der Waals surface area contributed by atoms with Crippen LogP contribution in [0, 0.1) is 0 Å². The van der Waals surface area contributed by atoms with Crippen molar-refractivity contribution in [2.75, 3.05) is 20.6 Å². The number of methoxy groups -OCH3 is 2. The molecule has 0 amide bonds. The zero-order valence-electron chi connectivity index (χ0n) is 16.6. The molecule has 0 heterocycles. The number of ether oxygens (including phenoxy) is 3. The second-order valence-electron chi connectivity index (χ2n) is 6.41. The minimum atomic E-state index is -3.14. The maximum Gasteiger partial charge on any atom is 0.338 e. The Balaban J connectivity index is 1.99. The smallest absolute Gasteiger partial charge is 0.338 e. The van der Waals surface area contributed by atoms with Gasteiger partial charge in [-0.1, -0.05) is 60.7 Å². The maximum absolute atomic E-state index is 14.0. The number of rotatable bonds is 7. The highest BCUT2D eigenvalue weighted by molar-refractivity contribution is 7.78. The summed E-state index contributed by atoms with van der Waals surface area (Å²) in [4.78, 5) is 24.0. The van der Waals surface area contributed by atoms with Crippen molar-refractivity contribution in [3.05, 3.63) is 90.0 Å². The van der Waals surface area contributed by atoms with E-state index in [1.807, 2.05) is 36.4 Å². The second-order valence-corrected chi connectivity index (χ2v) is 9.18. The van der Waals surface area contributed by atoms with E-state index in [-0.39, 0.29) is 23.2 Å². The lowest BCUT2D eigenvalue weighted by atomic mass is 10.1. The Labute approximate surface area is 174 Å². The first-order valence-corrected chi connectivity index (χ1v) is 11.0. The van der Waals surface area contributed by atoms with Gasteiger partial charge >= 0.3 is 11.9 Å². The van der Waals surface area contributed by atoms with Crippen LogP contribution >= 0.6 is 7.14 Å². The third-order valence-electron chi connectivity index (χ3n) is 4.51. The van der Waals surface area contributed by atoms with Gasteiger partial charge in [0.05, 0.1) is 25.3 Å². The van der Waals surface area contributed by atoms with Gasteiger partial charge in [0.2, 0.25) is 0 Å². The Kier molecular flexibility index (Phi) is 6.70. The average molecular weight is 424 g/mol. The van der Waals surface area contributed by atoms with Crippen molar-refractivity contribution < 1.29 is 28.4 Å². The van der Waals surface area contributed by atoms with Crippen molar-refractivity contribution in [3.63, 3.8) is 0 Å². The highest BCUT2D eigenvalue weighted by Crippen LogP contribution is 2.43. The maximum atomic E-state index is 14.0. The molecule has 0 atom stereocenters. The number of hydrogen-bond donors (Lipinski definition) is 0. The van der Waals surface area contributed by atoms with E-state index in [2.05, 4.69) is 0 Å². The van der Waals surface area contributed by atoms with Gasteiger partial charge in [-0.2, -0.15) is 0 Å². The Morgan fingerprint density at radius 1 is 0.733 bits per heavy atom. The SMILES string of the molecule is COC(=O)c1cc(OCP(=O)(c2ccccc2)c2ccccc2)cc(C(=O)OC)c1. The summed E-state index contributed by atoms with van der Waals surface area (Å²) in [6.45, 7) is 0. The molecule has 3 aromatic rings. The van der Waals surface area contributed by atoms with Crippen LogP contribution < -0.4 is 15.3 Å². The van der Waals surface area contributed by atoms with Crippen LogP contribution in [0.4, 0.5) is 0 Å². The highest BCUT2D eigenvalue weighted by Gasteiger charge is 2.28. The van der Waals surface area contributed by atoms with Crippen LogP contribution in [0.15, 0.2) is 78.9 Å². The molecule has 0 aliphatic carbocycles. The second kappa shape index (κ2) is 9.42. The quantitative estimate of drug-likeness (QED) is 0.426. The number of benzene rings is 3. The Morgan fingerprint density at radius 2 is 1.17 bits per heavy atom. The van der Waals surface area contributed by atoms with Crippen LogP contribution in [0.5, 0.6) is 5.75 Å². The molecule has 0 saturated carbocycles. The van der Waals surface area contributed by atoms with Gasteiger partial charge in [-0.05, 0) is 18.2 Å². The van der Waals surface area contributed by atoms with E-state index in [1.54, 1.807) is 24.3 Å². The summed E-state index contributed by atoms with van der Waals surface area (Å²) in [5, 5.41) is 1.29. The van der Waals surface area contributed by atoms with Crippen LogP contribution in [0.25, 0.3) is 0 Å². The van der Waals surface area contributed by atoms with Crippen LogP contribution in [0.3, 0.4) is 0 Å². The number of carbonyl (C=O) groups is 2. The van der Waals surface area contributed by atoms with Gasteiger partial charge in [-0.25, -0.2) is 9.59 Å². The van der Waals surface area contributed by atoms with Crippen LogP contribution in [0.2, 0.25) is 0 Å². The molecule has 6 nitrogen and oxygen atoms in total. The molecule has 30 heavy (non-hydrogen) atoms. The minimum absolute atomic E-state index is 0.129.